The monoisotopic (exact) mass is 390 g/mol. The number of benzene rings is 3. The number of nitrogens with one attached hydrogen (secondary N) is 2. The predicted molar refractivity (Wildman–Crippen MR) is 109 cm³/mol. The molecule has 0 saturated heterocycles. The van der Waals surface area contributed by atoms with Gasteiger partial charge in [0, 0.05) is 11.6 Å². The number of hydrogen-bond donors (Lipinski definition) is 2. The van der Waals surface area contributed by atoms with Crippen LogP contribution < -0.4 is 15.6 Å². The highest BCUT2D eigenvalue weighted by atomic mass is 19.1. The summed E-state index contributed by atoms with van der Waals surface area (Å²) in [6.45, 7) is -0.258. The molecule has 5 nitrogen and oxygen atoms in total. The van der Waals surface area contributed by atoms with E-state index < -0.39 is 11.8 Å². The standard InChI is InChI=1S/C23H19FN2O3/c24-19-13-10-17(11-14-19)12-15-22(27)25-26-23(28)16-29-21-9-5-4-8-20(21)18-6-2-1-3-7-18/h1-15H,16H2,(H,25,27)(H,26,28)/b15-12+. The van der Waals surface area contributed by atoms with Crippen LogP contribution in [0.3, 0.4) is 0 Å². The van der Waals surface area contributed by atoms with E-state index in [2.05, 4.69) is 10.9 Å². The third-order valence-corrected chi connectivity index (χ3v) is 3.95. The summed E-state index contributed by atoms with van der Waals surface area (Å²) in [4.78, 5) is 23.7. The van der Waals surface area contributed by atoms with Gasteiger partial charge in [0.05, 0.1) is 0 Å². The second kappa shape index (κ2) is 9.85. The quantitative estimate of drug-likeness (QED) is 0.498. The van der Waals surface area contributed by atoms with E-state index in [-0.39, 0.29) is 12.4 Å². The Morgan fingerprint density at radius 1 is 0.862 bits per heavy atom. The average molecular weight is 390 g/mol. The molecule has 29 heavy (non-hydrogen) atoms. The van der Waals surface area contributed by atoms with E-state index in [0.717, 1.165) is 11.1 Å². The maximum atomic E-state index is 12.8. The molecule has 0 aliphatic carbocycles. The van der Waals surface area contributed by atoms with Crippen LogP contribution in [-0.2, 0) is 9.59 Å². The summed E-state index contributed by atoms with van der Waals surface area (Å²) in [5.41, 5.74) is 7.05. The molecule has 0 bridgehead atoms. The molecule has 0 unspecified atom stereocenters. The third kappa shape index (κ3) is 6.04. The lowest BCUT2D eigenvalue weighted by Crippen LogP contribution is -2.43. The van der Waals surface area contributed by atoms with Crippen molar-refractivity contribution in [2.75, 3.05) is 6.61 Å². The number of halogens is 1. The van der Waals surface area contributed by atoms with Gasteiger partial charge < -0.3 is 4.74 Å². The largest absolute Gasteiger partial charge is 0.483 e. The topological polar surface area (TPSA) is 67.4 Å². The predicted octanol–water partition coefficient (Wildman–Crippen LogP) is 3.73. The number of ether oxygens (including phenoxy) is 1. The number of para-hydroxylation sites is 1. The van der Waals surface area contributed by atoms with Crippen molar-refractivity contribution in [2.24, 2.45) is 0 Å². The lowest BCUT2D eigenvalue weighted by Gasteiger charge is -2.12. The zero-order valence-corrected chi connectivity index (χ0v) is 15.5. The Bertz CT molecular complexity index is 1000. The van der Waals surface area contributed by atoms with Crippen LogP contribution in [0.5, 0.6) is 5.75 Å². The zero-order valence-electron chi connectivity index (χ0n) is 15.5. The van der Waals surface area contributed by atoms with Gasteiger partial charge in [0.2, 0.25) is 0 Å². The number of hydrazine groups is 1. The molecular formula is C23H19FN2O3. The molecule has 0 fully saturated rings. The summed E-state index contributed by atoms with van der Waals surface area (Å²) in [7, 11) is 0. The van der Waals surface area contributed by atoms with Crippen molar-refractivity contribution in [2.45, 2.75) is 0 Å². The summed E-state index contributed by atoms with van der Waals surface area (Å²) in [5.74, 6) is -0.812. The van der Waals surface area contributed by atoms with Crippen LogP contribution in [0.15, 0.2) is 84.9 Å². The van der Waals surface area contributed by atoms with Crippen LogP contribution in [-0.4, -0.2) is 18.4 Å². The van der Waals surface area contributed by atoms with Gasteiger partial charge in [-0.3, -0.25) is 20.4 Å². The first-order valence-electron chi connectivity index (χ1n) is 8.91. The summed E-state index contributed by atoms with van der Waals surface area (Å²) in [5, 5.41) is 0. The van der Waals surface area contributed by atoms with E-state index in [0.29, 0.717) is 11.3 Å². The average Bonchev–Trinajstić information content (AvgIpc) is 2.76. The van der Waals surface area contributed by atoms with E-state index in [9.17, 15) is 14.0 Å². The van der Waals surface area contributed by atoms with E-state index in [1.54, 1.807) is 6.07 Å². The van der Waals surface area contributed by atoms with E-state index >= 15 is 0 Å². The van der Waals surface area contributed by atoms with Gasteiger partial charge >= 0.3 is 0 Å². The highest BCUT2D eigenvalue weighted by Gasteiger charge is 2.08. The van der Waals surface area contributed by atoms with Gasteiger partial charge in [0.1, 0.15) is 11.6 Å². The number of amides is 2. The SMILES string of the molecule is O=C(/C=C/c1ccc(F)cc1)NNC(=O)COc1ccccc1-c1ccccc1. The van der Waals surface area contributed by atoms with Crippen molar-refractivity contribution in [1.82, 2.24) is 10.9 Å². The Labute approximate surface area is 167 Å². The third-order valence-electron chi connectivity index (χ3n) is 3.95. The number of carbonyl (C=O) groups excluding carboxylic acids is 2. The van der Waals surface area contributed by atoms with E-state index in [4.69, 9.17) is 4.74 Å². The van der Waals surface area contributed by atoms with Crippen molar-refractivity contribution >= 4 is 17.9 Å². The fraction of sp³-hybridized carbons (Fsp3) is 0.0435. The van der Waals surface area contributed by atoms with Crippen LogP contribution in [0.25, 0.3) is 17.2 Å². The van der Waals surface area contributed by atoms with Gasteiger partial charge in [-0.2, -0.15) is 0 Å². The summed E-state index contributed by atoms with van der Waals surface area (Å²) in [6.07, 6.45) is 2.74. The molecule has 0 aliphatic rings. The molecule has 0 atom stereocenters. The van der Waals surface area contributed by atoms with Gasteiger partial charge in [0.15, 0.2) is 6.61 Å². The van der Waals surface area contributed by atoms with E-state index in [1.165, 1.54) is 36.4 Å². The first kappa shape index (κ1) is 19.8. The maximum Gasteiger partial charge on any atom is 0.276 e. The van der Waals surface area contributed by atoms with Gasteiger partial charge in [-0.05, 0) is 35.4 Å². The van der Waals surface area contributed by atoms with Crippen LogP contribution >= 0.6 is 0 Å². The van der Waals surface area contributed by atoms with Crippen molar-refractivity contribution in [3.8, 4) is 16.9 Å². The van der Waals surface area contributed by atoms with Crippen molar-refractivity contribution in [1.29, 1.82) is 0 Å². The second-order valence-corrected chi connectivity index (χ2v) is 6.07. The molecule has 2 N–H and O–H groups in total. The molecule has 3 aromatic carbocycles. The van der Waals surface area contributed by atoms with Crippen LogP contribution in [0.4, 0.5) is 4.39 Å². The Kier molecular flexibility index (Phi) is 6.73. The normalized spacial score (nSPS) is 10.5. The summed E-state index contributed by atoms with van der Waals surface area (Å²) >= 11 is 0. The molecule has 0 aromatic heterocycles. The first-order valence-corrected chi connectivity index (χ1v) is 8.91. The van der Waals surface area contributed by atoms with Crippen LogP contribution in [0, 0.1) is 5.82 Å². The first-order chi connectivity index (χ1) is 14.1. The highest BCUT2D eigenvalue weighted by Crippen LogP contribution is 2.29. The minimum absolute atomic E-state index is 0.258. The molecule has 0 saturated carbocycles. The lowest BCUT2D eigenvalue weighted by atomic mass is 10.1. The number of carbonyl (C=O) groups is 2. The van der Waals surface area contributed by atoms with Gasteiger partial charge in [-0.15, -0.1) is 0 Å². The minimum Gasteiger partial charge on any atom is -0.483 e. The Balaban J connectivity index is 1.49. The Hall–Kier alpha value is -3.93. The molecule has 0 radical (unpaired) electrons. The molecule has 0 spiro atoms. The zero-order chi connectivity index (χ0) is 20.5. The van der Waals surface area contributed by atoms with Gasteiger partial charge in [-0.25, -0.2) is 4.39 Å². The van der Waals surface area contributed by atoms with Crippen molar-refractivity contribution in [3.05, 3.63) is 96.3 Å². The minimum atomic E-state index is -0.521. The molecule has 146 valence electrons. The Morgan fingerprint density at radius 2 is 1.55 bits per heavy atom. The van der Waals surface area contributed by atoms with Crippen LogP contribution in [0.2, 0.25) is 0 Å². The fourth-order valence-electron chi connectivity index (χ4n) is 2.55. The molecule has 3 aromatic rings. The molecule has 0 aliphatic heterocycles. The molecule has 2 amide bonds. The Morgan fingerprint density at radius 3 is 2.31 bits per heavy atom. The molecular weight excluding hydrogens is 371 g/mol. The lowest BCUT2D eigenvalue weighted by molar-refractivity contribution is -0.128. The highest BCUT2D eigenvalue weighted by molar-refractivity contribution is 5.93. The smallest absolute Gasteiger partial charge is 0.276 e. The number of hydrogen-bond acceptors (Lipinski definition) is 3. The maximum absolute atomic E-state index is 12.8. The molecule has 0 heterocycles. The van der Waals surface area contributed by atoms with Crippen LogP contribution in [0.1, 0.15) is 5.56 Å². The summed E-state index contributed by atoms with van der Waals surface area (Å²) < 4.78 is 18.5. The molecule has 3 rings (SSSR count). The van der Waals surface area contributed by atoms with Gasteiger partial charge in [0.25, 0.3) is 11.8 Å². The van der Waals surface area contributed by atoms with E-state index in [1.807, 2.05) is 48.5 Å². The van der Waals surface area contributed by atoms with Gasteiger partial charge in [-0.1, -0.05) is 60.7 Å². The van der Waals surface area contributed by atoms with Crippen molar-refractivity contribution in [3.63, 3.8) is 0 Å². The summed E-state index contributed by atoms with van der Waals surface area (Å²) in [6, 6.07) is 22.7. The van der Waals surface area contributed by atoms with Crippen molar-refractivity contribution < 1.29 is 18.7 Å². The second-order valence-electron chi connectivity index (χ2n) is 6.07. The number of rotatable bonds is 6. The fourth-order valence-corrected chi connectivity index (χ4v) is 2.55. The molecule has 6 heteroatoms.